The number of hydrogen-bond donors (Lipinski definition) is 2. The molecule has 0 saturated heterocycles. The summed E-state index contributed by atoms with van der Waals surface area (Å²) in [6, 6.07) is 0. The third-order valence-corrected chi connectivity index (χ3v) is 3.09. The molecule has 0 spiro atoms. The third-order valence-electron chi connectivity index (χ3n) is 3.09. The second-order valence-corrected chi connectivity index (χ2v) is 5.26. The summed E-state index contributed by atoms with van der Waals surface area (Å²) in [7, 11) is 0. The Labute approximate surface area is 97.5 Å². The Hall–Kier alpha value is -0.870. The molecule has 92 valence electrons. The molecule has 0 radical (unpaired) electrons. The smallest absolute Gasteiger partial charge is 0.142 e. The Morgan fingerprint density at radius 2 is 2.06 bits per heavy atom. The van der Waals surface area contributed by atoms with Gasteiger partial charge in [-0.15, -0.1) is 0 Å². The molecule has 0 amide bonds. The third kappa shape index (κ3) is 2.13. The monoisotopic (exact) mass is 225 g/mol. The number of hydrogen-bond acceptors (Lipinski definition) is 3. The van der Waals surface area contributed by atoms with Crippen molar-refractivity contribution in [3.63, 3.8) is 0 Å². The zero-order valence-electron chi connectivity index (χ0n) is 10.7. The summed E-state index contributed by atoms with van der Waals surface area (Å²) in [6.07, 6.45) is 4.62. The van der Waals surface area contributed by atoms with Crippen LogP contribution in [0.4, 0.5) is 0 Å². The van der Waals surface area contributed by atoms with Crippen molar-refractivity contribution in [1.29, 1.82) is 0 Å². The molecule has 4 heteroatoms. The Kier molecular flexibility index (Phi) is 3.76. The van der Waals surface area contributed by atoms with E-state index in [1.807, 2.05) is 31.5 Å². The first-order chi connectivity index (χ1) is 7.36. The first-order valence-corrected chi connectivity index (χ1v) is 5.81. The van der Waals surface area contributed by atoms with E-state index in [-0.39, 0.29) is 12.0 Å². The van der Waals surface area contributed by atoms with Crippen molar-refractivity contribution in [1.82, 2.24) is 9.55 Å². The van der Waals surface area contributed by atoms with Crippen LogP contribution in [0.1, 0.15) is 39.9 Å². The van der Waals surface area contributed by atoms with Gasteiger partial charge in [0.15, 0.2) is 0 Å². The normalized spacial score (nSPS) is 16.1. The van der Waals surface area contributed by atoms with Gasteiger partial charge in [0, 0.05) is 25.5 Å². The van der Waals surface area contributed by atoms with Gasteiger partial charge in [-0.2, -0.15) is 0 Å². The summed E-state index contributed by atoms with van der Waals surface area (Å²) in [4.78, 5) is 4.28. The van der Waals surface area contributed by atoms with Crippen LogP contribution >= 0.6 is 0 Å². The van der Waals surface area contributed by atoms with Gasteiger partial charge in [0.25, 0.3) is 0 Å². The van der Waals surface area contributed by atoms with Gasteiger partial charge in [0.2, 0.25) is 0 Å². The molecule has 0 aliphatic heterocycles. The lowest BCUT2D eigenvalue weighted by Gasteiger charge is -2.38. The Balaban J connectivity index is 3.18. The molecule has 0 bridgehead atoms. The van der Waals surface area contributed by atoms with Gasteiger partial charge < -0.3 is 15.4 Å². The van der Waals surface area contributed by atoms with Crippen molar-refractivity contribution >= 4 is 0 Å². The number of nitrogens with two attached hydrogens (primary N) is 1. The molecule has 1 rings (SSSR count). The van der Waals surface area contributed by atoms with E-state index in [2.05, 4.69) is 11.9 Å². The average molecular weight is 225 g/mol. The highest BCUT2D eigenvalue weighted by atomic mass is 16.3. The second-order valence-electron chi connectivity index (χ2n) is 5.26. The van der Waals surface area contributed by atoms with Crippen LogP contribution in [0, 0.1) is 5.41 Å². The Bertz CT molecular complexity index is 340. The number of aliphatic hydroxyl groups is 1. The van der Waals surface area contributed by atoms with Crippen molar-refractivity contribution in [3.05, 3.63) is 18.2 Å². The fourth-order valence-electron chi connectivity index (χ4n) is 1.83. The molecule has 1 aromatic rings. The van der Waals surface area contributed by atoms with E-state index in [9.17, 15) is 5.11 Å². The topological polar surface area (TPSA) is 64.1 Å². The first-order valence-electron chi connectivity index (χ1n) is 5.81. The van der Waals surface area contributed by atoms with Crippen LogP contribution in [-0.4, -0.2) is 21.2 Å². The highest BCUT2D eigenvalue weighted by Gasteiger charge is 2.43. The van der Waals surface area contributed by atoms with E-state index in [4.69, 9.17) is 5.73 Å². The molecule has 1 heterocycles. The van der Waals surface area contributed by atoms with Crippen molar-refractivity contribution in [3.8, 4) is 0 Å². The molecule has 0 aliphatic rings. The molecular weight excluding hydrogens is 202 g/mol. The Morgan fingerprint density at radius 3 is 2.50 bits per heavy atom. The summed E-state index contributed by atoms with van der Waals surface area (Å²) in [6.45, 7) is 9.06. The van der Waals surface area contributed by atoms with Gasteiger partial charge >= 0.3 is 0 Å². The molecule has 3 N–H and O–H groups in total. The van der Waals surface area contributed by atoms with Crippen LogP contribution in [0.5, 0.6) is 0 Å². The lowest BCUT2D eigenvalue weighted by atomic mass is 9.75. The quantitative estimate of drug-likeness (QED) is 0.816. The lowest BCUT2D eigenvalue weighted by molar-refractivity contribution is -0.0656. The van der Waals surface area contributed by atoms with Gasteiger partial charge in [-0.3, -0.25) is 0 Å². The van der Waals surface area contributed by atoms with Crippen LogP contribution < -0.4 is 5.73 Å². The first kappa shape index (κ1) is 13.2. The van der Waals surface area contributed by atoms with E-state index >= 15 is 0 Å². The minimum Gasteiger partial charge on any atom is -0.380 e. The van der Waals surface area contributed by atoms with Gasteiger partial charge in [0.1, 0.15) is 11.4 Å². The largest absolute Gasteiger partial charge is 0.380 e. The van der Waals surface area contributed by atoms with E-state index in [0.717, 1.165) is 13.0 Å². The number of aryl methyl sites for hydroxylation is 1. The van der Waals surface area contributed by atoms with Crippen LogP contribution in [0.15, 0.2) is 12.4 Å². The van der Waals surface area contributed by atoms with Crippen molar-refractivity contribution in [2.75, 3.05) is 6.54 Å². The van der Waals surface area contributed by atoms with E-state index in [1.54, 1.807) is 6.20 Å². The minimum absolute atomic E-state index is 0.178. The maximum atomic E-state index is 10.7. The van der Waals surface area contributed by atoms with Gasteiger partial charge in [-0.25, -0.2) is 4.98 Å². The summed E-state index contributed by atoms with van der Waals surface area (Å²) in [5, 5.41) is 10.7. The lowest BCUT2D eigenvalue weighted by Crippen LogP contribution is -2.48. The predicted octanol–water partition coefficient (Wildman–Crippen LogP) is 1.49. The summed E-state index contributed by atoms with van der Waals surface area (Å²) in [5.74, 6) is 0.671. The fraction of sp³-hybridized carbons (Fsp3) is 0.750. The average Bonchev–Trinajstić information content (AvgIpc) is 2.64. The van der Waals surface area contributed by atoms with Gasteiger partial charge in [-0.1, -0.05) is 27.7 Å². The minimum atomic E-state index is -1.08. The number of imidazole rings is 1. The standard InChI is InChI=1S/C12H23N3O/c1-5-7-15-8-6-14-10(15)12(16,9-13)11(2,3)4/h6,8,16H,5,7,9,13H2,1-4H3. The highest BCUT2D eigenvalue weighted by molar-refractivity contribution is 5.10. The zero-order chi connectivity index (χ0) is 12.4. The highest BCUT2D eigenvalue weighted by Crippen LogP contribution is 2.37. The van der Waals surface area contributed by atoms with Gasteiger partial charge in [0.05, 0.1) is 0 Å². The molecule has 0 aliphatic carbocycles. The summed E-state index contributed by atoms with van der Waals surface area (Å²) >= 11 is 0. The molecule has 0 fully saturated rings. The zero-order valence-corrected chi connectivity index (χ0v) is 10.7. The summed E-state index contributed by atoms with van der Waals surface area (Å²) < 4.78 is 1.98. The van der Waals surface area contributed by atoms with E-state index in [1.165, 1.54) is 0 Å². The second kappa shape index (κ2) is 4.55. The molecule has 1 aromatic heterocycles. The van der Waals surface area contributed by atoms with Crippen molar-refractivity contribution in [2.24, 2.45) is 11.1 Å². The van der Waals surface area contributed by atoms with Crippen molar-refractivity contribution in [2.45, 2.75) is 46.3 Å². The SMILES string of the molecule is CCCn1ccnc1C(O)(CN)C(C)(C)C. The van der Waals surface area contributed by atoms with Gasteiger partial charge in [-0.05, 0) is 11.8 Å². The molecular formula is C12H23N3O. The molecule has 1 unspecified atom stereocenters. The van der Waals surface area contributed by atoms with Crippen LogP contribution in [0.25, 0.3) is 0 Å². The summed E-state index contributed by atoms with van der Waals surface area (Å²) in [5.41, 5.74) is 4.33. The fourth-order valence-corrected chi connectivity index (χ4v) is 1.83. The number of aromatic nitrogens is 2. The van der Waals surface area contributed by atoms with Crippen molar-refractivity contribution < 1.29 is 5.11 Å². The molecule has 0 aromatic carbocycles. The van der Waals surface area contributed by atoms with E-state index in [0.29, 0.717) is 5.82 Å². The van der Waals surface area contributed by atoms with Crippen LogP contribution in [0.2, 0.25) is 0 Å². The number of rotatable bonds is 4. The van der Waals surface area contributed by atoms with Crippen LogP contribution in [-0.2, 0) is 12.1 Å². The van der Waals surface area contributed by atoms with Crippen LogP contribution in [0.3, 0.4) is 0 Å². The predicted molar refractivity (Wildman–Crippen MR) is 64.9 cm³/mol. The maximum Gasteiger partial charge on any atom is 0.142 e. The number of nitrogens with zero attached hydrogens (tertiary/aromatic N) is 2. The van der Waals surface area contributed by atoms with E-state index < -0.39 is 5.60 Å². The molecule has 16 heavy (non-hydrogen) atoms. The Morgan fingerprint density at radius 1 is 1.44 bits per heavy atom. The maximum absolute atomic E-state index is 10.7. The molecule has 4 nitrogen and oxygen atoms in total. The molecule has 1 atom stereocenters. The molecule has 0 saturated carbocycles.